The van der Waals surface area contributed by atoms with Crippen molar-refractivity contribution in [3.05, 3.63) is 17.8 Å². The lowest BCUT2D eigenvalue weighted by molar-refractivity contribution is -0.118. The molecule has 0 fully saturated rings. The van der Waals surface area contributed by atoms with Gasteiger partial charge in [-0.15, -0.1) is 0 Å². The summed E-state index contributed by atoms with van der Waals surface area (Å²) < 4.78 is 4.88. The van der Waals surface area contributed by atoms with Gasteiger partial charge in [0, 0.05) is 7.05 Å². The number of nitrogens with one attached hydrogen (secondary N) is 1. The number of amides is 1. The highest BCUT2D eigenvalue weighted by molar-refractivity contribution is 7.99. The fourth-order valence-electron chi connectivity index (χ4n) is 1.12. The fourth-order valence-corrected chi connectivity index (χ4v) is 1.87. The molecule has 0 aliphatic heterocycles. The molecule has 1 aromatic heterocycles. The number of nitrogens with zero attached hydrogens (tertiary/aromatic N) is 1. The highest BCUT2D eigenvalue weighted by atomic mass is 32.2. The molecule has 7 heteroatoms. The minimum atomic E-state index is -0.487. The molecule has 1 heterocycles. The van der Waals surface area contributed by atoms with Gasteiger partial charge in [-0.1, -0.05) is 11.8 Å². The maximum atomic E-state index is 11.6. The van der Waals surface area contributed by atoms with Crippen LogP contribution in [0.3, 0.4) is 0 Å². The van der Waals surface area contributed by atoms with Gasteiger partial charge in [-0.2, -0.15) is 0 Å². The van der Waals surface area contributed by atoms with Gasteiger partial charge in [0.1, 0.15) is 0 Å². The molecule has 1 amide bonds. The third-order valence-corrected chi connectivity index (χ3v) is 2.96. The van der Waals surface area contributed by atoms with Crippen molar-refractivity contribution in [3.63, 3.8) is 0 Å². The monoisotopic (exact) mass is 269 g/mol. The van der Waals surface area contributed by atoms with E-state index in [1.807, 2.05) is 0 Å². The van der Waals surface area contributed by atoms with Crippen LogP contribution in [0.2, 0.25) is 0 Å². The van der Waals surface area contributed by atoms with E-state index in [2.05, 4.69) is 10.3 Å². The van der Waals surface area contributed by atoms with Gasteiger partial charge in [0.25, 0.3) is 0 Å². The lowest BCUT2D eigenvalue weighted by Gasteiger charge is -2.06. The molecule has 6 nitrogen and oxygen atoms in total. The summed E-state index contributed by atoms with van der Waals surface area (Å²) in [5.41, 5.74) is 6.18. The van der Waals surface area contributed by atoms with Crippen LogP contribution in [0.5, 0.6) is 0 Å². The van der Waals surface area contributed by atoms with Gasteiger partial charge in [-0.25, -0.2) is 9.78 Å². The number of pyridine rings is 1. The predicted octanol–water partition coefficient (Wildman–Crippen LogP) is 0.679. The highest BCUT2D eigenvalue weighted by Crippen LogP contribution is 2.20. The van der Waals surface area contributed by atoms with Crippen LogP contribution in [0.15, 0.2) is 17.3 Å². The van der Waals surface area contributed by atoms with Gasteiger partial charge >= 0.3 is 5.97 Å². The van der Waals surface area contributed by atoms with Crippen LogP contribution in [0, 0.1) is 0 Å². The van der Waals surface area contributed by atoms with Crippen molar-refractivity contribution in [2.45, 2.75) is 11.9 Å². The zero-order chi connectivity index (χ0) is 13.5. The van der Waals surface area contributed by atoms with Crippen molar-refractivity contribution in [1.29, 1.82) is 0 Å². The maximum absolute atomic E-state index is 11.6. The number of nitrogens with two attached hydrogens (primary N) is 1. The van der Waals surface area contributed by atoms with Crippen LogP contribution in [0.25, 0.3) is 0 Å². The Bertz CT molecular complexity index is 451. The van der Waals surface area contributed by atoms with Gasteiger partial charge in [-0.05, 0) is 13.0 Å². The minimum Gasteiger partial charge on any atom is -0.462 e. The molecule has 1 rings (SSSR count). The van der Waals surface area contributed by atoms with Crippen molar-refractivity contribution >= 4 is 29.3 Å². The summed E-state index contributed by atoms with van der Waals surface area (Å²) in [6, 6.07) is 1.53. The second-order valence-electron chi connectivity index (χ2n) is 3.29. The highest BCUT2D eigenvalue weighted by Gasteiger charge is 2.13. The molecule has 98 valence electrons. The average Bonchev–Trinajstić information content (AvgIpc) is 2.37. The molecular formula is C11H15N3O3S. The maximum Gasteiger partial charge on any atom is 0.340 e. The summed E-state index contributed by atoms with van der Waals surface area (Å²) in [7, 11) is 1.56. The Morgan fingerprint density at radius 3 is 2.89 bits per heavy atom. The van der Waals surface area contributed by atoms with Gasteiger partial charge in [0.2, 0.25) is 5.91 Å². The van der Waals surface area contributed by atoms with Crippen molar-refractivity contribution in [1.82, 2.24) is 10.3 Å². The Kier molecular flexibility index (Phi) is 5.44. The quantitative estimate of drug-likeness (QED) is 0.603. The summed E-state index contributed by atoms with van der Waals surface area (Å²) in [5.74, 6) is -0.370. The summed E-state index contributed by atoms with van der Waals surface area (Å²) in [6.45, 7) is 2.00. The Labute approximate surface area is 109 Å². The first-order chi connectivity index (χ1) is 8.58. The summed E-state index contributed by atoms with van der Waals surface area (Å²) in [6.07, 6.45) is 1.39. The topological polar surface area (TPSA) is 94.3 Å². The Morgan fingerprint density at radius 2 is 2.28 bits per heavy atom. The molecule has 18 heavy (non-hydrogen) atoms. The van der Waals surface area contributed by atoms with Crippen molar-refractivity contribution in [2.75, 3.05) is 25.1 Å². The lowest BCUT2D eigenvalue weighted by Crippen LogP contribution is -2.19. The number of nitrogen functional groups attached to an aromatic ring is 1. The first kappa shape index (κ1) is 14.3. The van der Waals surface area contributed by atoms with E-state index in [1.54, 1.807) is 14.0 Å². The van der Waals surface area contributed by atoms with E-state index in [0.29, 0.717) is 5.03 Å². The third-order valence-electron chi connectivity index (χ3n) is 2.04. The zero-order valence-corrected chi connectivity index (χ0v) is 11.0. The van der Waals surface area contributed by atoms with Gasteiger partial charge in [0.15, 0.2) is 0 Å². The SMILES string of the molecule is CCOC(=O)c1cc(SCC(=O)NC)ncc1N. The fraction of sp³-hybridized carbons (Fsp3) is 0.364. The second-order valence-corrected chi connectivity index (χ2v) is 4.29. The van der Waals surface area contributed by atoms with E-state index in [0.717, 1.165) is 0 Å². The molecule has 0 aliphatic carbocycles. The molecule has 3 N–H and O–H groups in total. The molecule has 0 saturated carbocycles. The number of rotatable bonds is 5. The largest absolute Gasteiger partial charge is 0.462 e. The van der Waals surface area contributed by atoms with Crippen LogP contribution in [-0.4, -0.2) is 36.3 Å². The number of ether oxygens (including phenoxy) is 1. The molecule has 0 aromatic carbocycles. The smallest absolute Gasteiger partial charge is 0.340 e. The number of esters is 1. The molecule has 0 spiro atoms. The second kappa shape index (κ2) is 6.85. The van der Waals surface area contributed by atoms with E-state index in [-0.39, 0.29) is 29.5 Å². The zero-order valence-electron chi connectivity index (χ0n) is 10.2. The lowest BCUT2D eigenvalue weighted by atomic mass is 10.2. The number of anilines is 1. The number of hydrogen-bond acceptors (Lipinski definition) is 6. The van der Waals surface area contributed by atoms with Gasteiger partial charge in [0.05, 0.1) is 34.8 Å². The summed E-state index contributed by atoms with van der Waals surface area (Å²) in [5, 5.41) is 3.05. The summed E-state index contributed by atoms with van der Waals surface area (Å²) >= 11 is 1.22. The van der Waals surface area contributed by atoms with Crippen molar-refractivity contribution < 1.29 is 14.3 Å². The van der Waals surface area contributed by atoms with Crippen LogP contribution in [-0.2, 0) is 9.53 Å². The number of aromatic nitrogens is 1. The van der Waals surface area contributed by atoms with E-state index in [9.17, 15) is 9.59 Å². The number of carbonyl (C=O) groups is 2. The first-order valence-corrected chi connectivity index (χ1v) is 6.33. The molecule has 0 atom stereocenters. The first-order valence-electron chi connectivity index (χ1n) is 5.34. The normalized spacial score (nSPS) is 9.89. The van der Waals surface area contributed by atoms with Gasteiger partial charge < -0.3 is 15.8 Å². The van der Waals surface area contributed by atoms with Gasteiger partial charge in [-0.3, -0.25) is 4.79 Å². The van der Waals surface area contributed by atoms with Crippen LogP contribution >= 0.6 is 11.8 Å². The van der Waals surface area contributed by atoms with E-state index in [4.69, 9.17) is 10.5 Å². The van der Waals surface area contributed by atoms with Crippen LogP contribution in [0.4, 0.5) is 5.69 Å². The molecular weight excluding hydrogens is 254 g/mol. The Hall–Kier alpha value is -1.76. The van der Waals surface area contributed by atoms with E-state index >= 15 is 0 Å². The average molecular weight is 269 g/mol. The molecule has 0 aliphatic rings. The molecule has 0 saturated heterocycles. The molecule has 0 radical (unpaired) electrons. The third kappa shape index (κ3) is 3.92. The van der Waals surface area contributed by atoms with E-state index in [1.165, 1.54) is 24.0 Å². The minimum absolute atomic E-state index is 0.115. The summed E-state index contributed by atoms with van der Waals surface area (Å²) in [4.78, 5) is 26.7. The van der Waals surface area contributed by atoms with E-state index < -0.39 is 5.97 Å². The number of carbonyl (C=O) groups excluding carboxylic acids is 2. The Morgan fingerprint density at radius 1 is 1.56 bits per heavy atom. The van der Waals surface area contributed by atoms with Crippen LogP contribution in [0.1, 0.15) is 17.3 Å². The van der Waals surface area contributed by atoms with Crippen LogP contribution < -0.4 is 11.1 Å². The number of hydrogen-bond donors (Lipinski definition) is 2. The molecule has 0 bridgehead atoms. The standard InChI is InChI=1S/C11H15N3O3S/c1-3-17-11(16)7-4-10(14-5-8(7)12)18-6-9(15)13-2/h4-5H,3,6,12H2,1-2H3,(H,13,15). The predicted molar refractivity (Wildman–Crippen MR) is 69.4 cm³/mol. The van der Waals surface area contributed by atoms with Crippen molar-refractivity contribution in [2.24, 2.45) is 0 Å². The Balaban J connectivity index is 2.80. The molecule has 0 unspecified atom stereocenters. The van der Waals surface area contributed by atoms with Crippen molar-refractivity contribution in [3.8, 4) is 0 Å². The number of thioether (sulfide) groups is 1. The molecule has 1 aromatic rings.